The highest BCUT2D eigenvalue weighted by Gasteiger charge is 2.49. The molecule has 220 valence electrons. The molecular formula is C29H32ClN7O5. The fourth-order valence-corrected chi connectivity index (χ4v) is 6.73. The molecule has 0 radical (unpaired) electrons. The number of nitrogens with zero attached hydrogens (tertiary/aromatic N) is 6. The SMILES string of the molecule is Cn1cc(-c2cnc3c(c2)CCC3Nc2nc3c(cc2Cl)nc(O[C@@H]2CO[C@H]4[C@@H]2OC[C@H]4O)n3C2CCCCO2)cn1. The van der Waals surface area contributed by atoms with E-state index in [9.17, 15) is 5.11 Å². The summed E-state index contributed by atoms with van der Waals surface area (Å²) in [6.07, 6.45) is 8.29. The number of aromatic nitrogens is 6. The lowest BCUT2D eigenvalue weighted by Crippen LogP contribution is -2.35. The second-order valence-corrected chi connectivity index (χ2v) is 11.9. The van der Waals surface area contributed by atoms with Crippen LogP contribution in [0, 0.1) is 0 Å². The maximum atomic E-state index is 10.2. The minimum Gasteiger partial charge on any atom is -0.456 e. The van der Waals surface area contributed by atoms with Crippen LogP contribution in [0.4, 0.5) is 5.82 Å². The fourth-order valence-electron chi connectivity index (χ4n) is 6.53. The fraction of sp³-hybridized carbons (Fsp3) is 0.517. The van der Waals surface area contributed by atoms with Crippen molar-refractivity contribution in [1.82, 2.24) is 29.3 Å². The Labute approximate surface area is 246 Å². The molecule has 3 saturated heterocycles. The van der Waals surface area contributed by atoms with Gasteiger partial charge in [0.25, 0.3) is 0 Å². The number of imidazole rings is 1. The van der Waals surface area contributed by atoms with Crippen molar-refractivity contribution in [3.63, 3.8) is 0 Å². The van der Waals surface area contributed by atoms with Crippen LogP contribution >= 0.6 is 11.6 Å². The first kappa shape index (κ1) is 26.3. The molecule has 42 heavy (non-hydrogen) atoms. The highest BCUT2D eigenvalue weighted by molar-refractivity contribution is 6.33. The van der Waals surface area contributed by atoms with Crippen LogP contribution in [0.25, 0.3) is 22.3 Å². The Kier molecular flexibility index (Phi) is 6.56. The van der Waals surface area contributed by atoms with Crippen LogP contribution in [0.5, 0.6) is 6.01 Å². The predicted molar refractivity (Wildman–Crippen MR) is 152 cm³/mol. The van der Waals surface area contributed by atoms with Gasteiger partial charge in [0, 0.05) is 37.2 Å². The van der Waals surface area contributed by atoms with Gasteiger partial charge in [-0.25, -0.2) is 4.98 Å². The topological polar surface area (TPSA) is 131 Å². The Hall–Kier alpha value is -3.29. The summed E-state index contributed by atoms with van der Waals surface area (Å²) < 4.78 is 27.9. The van der Waals surface area contributed by atoms with E-state index in [4.69, 9.17) is 45.5 Å². The van der Waals surface area contributed by atoms with Gasteiger partial charge in [0.2, 0.25) is 0 Å². The number of pyridine rings is 2. The summed E-state index contributed by atoms with van der Waals surface area (Å²) in [5.41, 5.74) is 5.56. The number of rotatable bonds is 6. The Balaban J connectivity index is 1.11. The number of hydrogen-bond acceptors (Lipinski definition) is 10. The molecule has 4 aliphatic rings. The van der Waals surface area contributed by atoms with Crippen molar-refractivity contribution in [3.05, 3.63) is 47.0 Å². The summed E-state index contributed by atoms with van der Waals surface area (Å²) >= 11 is 6.78. The van der Waals surface area contributed by atoms with Crippen molar-refractivity contribution in [1.29, 1.82) is 0 Å². The molecule has 1 aliphatic carbocycles. The lowest BCUT2D eigenvalue weighted by Gasteiger charge is -2.26. The average molecular weight is 594 g/mol. The normalized spacial score (nSPS) is 28.7. The standard InChI is InChI=1S/C29H32ClN7O5/c1-36-12-17(11-32-36)16-8-15-5-6-19(24(15)31-10-16)33-27-18(30)9-20-28(35-27)37(23-4-2-3-7-39-23)29(34-20)42-22-14-41-25-21(38)13-40-26(22)25/h8-12,19,21-23,25-26,38H,2-7,13-14H2,1H3,(H,33,35)/t19?,21-,22-,23?,25-,26-/m1/s1. The average Bonchev–Trinajstić information content (AvgIpc) is 3.82. The maximum Gasteiger partial charge on any atom is 0.301 e. The summed E-state index contributed by atoms with van der Waals surface area (Å²) in [7, 11) is 1.91. The lowest BCUT2D eigenvalue weighted by atomic mass is 10.1. The molecule has 4 aromatic rings. The molecule has 0 aromatic carbocycles. The van der Waals surface area contributed by atoms with Gasteiger partial charge >= 0.3 is 6.01 Å². The van der Waals surface area contributed by atoms with E-state index in [1.807, 2.05) is 36.3 Å². The van der Waals surface area contributed by atoms with E-state index in [0.29, 0.717) is 41.2 Å². The number of anilines is 1. The van der Waals surface area contributed by atoms with Crippen LogP contribution in [0.1, 0.15) is 49.2 Å². The Morgan fingerprint density at radius 2 is 1.95 bits per heavy atom. The third-order valence-electron chi connectivity index (χ3n) is 8.65. The molecule has 2 unspecified atom stereocenters. The van der Waals surface area contributed by atoms with Crippen molar-refractivity contribution < 1.29 is 24.1 Å². The summed E-state index contributed by atoms with van der Waals surface area (Å²) in [5.74, 6) is 0.565. The van der Waals surface area contributed by atoms with Crippen LogP contribution in [0.3, 0.4) is 0 Å². The van der Waals surface area contributed by atoms with Crippen LogP contribution in [0.2, 0.25) is 5.02 Å². The number of aryl methyl sites for hydroxylation is 2. The first-order valence-corrected chi connectivity index (χ1v) is 14.9. The molecule has 8 rings (SSSR count). The van der Waals surface area contributed by atoms with Crippen LogP contribution < -0.4 is 10.1 Å². The van der Waals surface area contributed by atoms with Crippen LogP contribution in [-0.4, -0.2) is 78.6 Å². The quantitative estimate of drug-likeness (QED) is 0.342. The Bertz CT molecular complexity index is 1640. The van der Waals surface area contributed by atoms with Crippen molar-refractivity contribution in [2.45, 2.75) is 68.8 Å². The zero-order valence-electron chi connectivity index (χ0n) is 23.1. The van der Waals surface area contributed by atoms with Crippen molar-refractivity contribution in [3.8, 4) is 17.1 Å². The highest BCUT2D eigenvalue weighted by Crippen LogP contribution is 2.39. The molecule has 3 fully saturated rings. The van der Waals surface area contributed by atoms with E-state index in [1.165, 1.54) is 5.56 Å². The Morgan fingerprint density at radius 3 is 2.79 bits per heavy atom. The summed E-state index contributed by atoms with van der Waals surface area (Å²) in [5, 5.41) is 18.5. The second-order valence-electron chi connectivity index (χ2n) is 11.5. The maximum absolute atomic E-state index is 10.2. The first-order chi connectivity index (χ1) is 20.5. The first-order valence-electron chi connectivity index (χ1n) is 14.5. The van der Waals surface area contributed by atoms with Gasteiger partial charge in [-0.05, 0) is 49.8 Å². The van der Waals surface area contributed by atoms with Crippen LogP contribution in [0.15, 0.2) is 30.7 Å². The monoisotopic (exact) mass is 593 g/mol. The highest BCUT2D eigenvalue weighted by atomic mass is 35.5. The zero-order valence-corrected chi connectivity index (χ0v) is 23.9. The molecule has 3 aliphatic heterocycles. The van der Waals surface area contributed by atoms with E-state index in [1.54, 1.807) is 4.68 Å². The number of hydrogen-bond donors (Lipinski definition) is 2. The minimum absolute atomic E-state index is 0.0260. The lowest BCUT2D eigenvalue weighted by molar-refractivity contribution is -0.0407. The van der Waals surface area contributed by atoms with Gasteiger partial charge in [-0.15, -0.1) is 0 Å². The van der Waals surface area contributed by atoms with Gasteiger partial charge < -0.3 is 29.4 Å². The summed E-state index contributed by atoms with van der Waals surface area (Å²) in [4.78, 5) is 14.6. The largest absolute Gasteiger partial charge is 0.456 e. The third-order valence-corrected chi connectivity index (χ3v) is 8.94. The predicted octanol–water partition coefficient (Wildman–Crippen LogP) is 3.58. The van der Waals surface area contributed by atoms with Crippen molar-refractivity contribution in [2.24, 2.45) is 7.05 Å². The van der Waals surface area contributed by atoms with Gasteiger partial charge in [0.15, 0.2) is 11.8 Å². The van der Waals surface area contributed by atoms with E-state index in [-0.39, 0.29) is 25.0 Å². The number of aliphatic hydroxyl groups excluding tert-OH is 1. The number of nitrogens with one attached hydrogen (secondary N) is 1. The molecule has 12 nitrogen and oxygen atoms in total. The van der Waals surface area contributed by atoms with E-state index in [0.717, 1.165) is 48.9 Å². The van der Waals surface area contributed by atoms with E-state index < -0.39 is 18.3 Å². The van der Waals surface area contributed by atoms with E-state index >= 15 is 0 Å². The van der Waals surface area contributed by atoms with Gasteiger partial charge in [0.1, 0.15) is 35.9 Å². The molecule has 7 heterocycles. The van der Waals surface area contributed by atoms with Gasteiger partial charge in [0.05, 0.1) is 36.2 Å². The van der Waals surface area contributed by atoms with Crippen LogP contribution in [-0.2, 0) is 27.7 Å². The van der Waals surface area contributed by atoms with E-state index in [2.05, 4.69) is 16.5 Å². The number of fused-ring (bicyclic) bond motifs is 3. The van der Waals surface area contributed by atoms with Gasteiger partial charge in [-0.2, -0.15) is 10.1 Å². The third kappa shape index (κ3) is 4.53. The molecule has 0 amide bonds. The molecule has 2 N–H and O–H groups in total. The molecule has 0 spiro atoms. The van der Waals surface area contributed by atoms with Crippen molar-refractivity contribution in [2.75, 3.05) is 25.1 Å². The molecule has 13 heteroatoms. The summed E-state index contributed by atoms with van der Waals surface area (Å²) in [6.45, 7) is 1.19. The van der Waals surface area contributed by atoms with Gasteiger partial charge in [-0.1, -0.05) is 11.6 Å². The number of aliphatic hydroxyl groups is 1. The minimum atomic E-state index is -0.657. The molecule has 4 aromatic heterocycles. The Morgan fingerprint density at radius 1 is 1.05 bits per heavy atom. The zero-order chi connectivity index (χ0) is 28.4. The number of halogens is 1. The second kappa shape index (κ2) is 10.5. The number of ether oxygens (including phenoxy) is 4. The van der Waals surface area contributed by atoms with Gasteiger partial charge in [-0.3, -0.25) is 14.2 Å². The van der Waals surface area contributed by atoms with Crippen molar-refractivity contribution >= 4 is 28.6 Å². The molecule has 6 atom stereocenters. The molecule has 0 bridgehead atoms. The smallest absolute Gasteiger partial charge is 0.301 e. The summed E-state index contributed by atoms with van der Waals surface area (Å²) in [6, 6.07) is 4.37. The molecular weight excluding hydrogens is 562 g/mol. The molecule has 0 saturated carbocycles.